The van der Waals surface area contributed by atoms with Gasteiger partial charge in [-0.25, -0.2) is 0 Å². The first kappa shape index (κ1) is 12.4. The Morgan fingerprint density at radius 1 is 1.21 bits per heavy atom. The smallest absolute Gasteiger partial charge is 0.0568 e. The Labute approximate surface area is 114 Å². The minimum absolute atomic E-state index is 0.665. The van der Waals surface area contributed by atoms with E-state index in [1.807, 2.05) is 17.9 Å². The van der Waals surface area contributed by atoms with Crippen LogP contribution >= 0.6 is 0 Å². The Balaban J connectivity index is 1.68. The molecule has 3 rings (SSSR count). The van der Waals surface area contributed by atoms with Gasteiger partial charge in [-0.05, 0) is 36.9 Å². The molecule has 0 spiro atoms. The van der Waals surface area contributed by atoms with Crippen molar-refractivity contribution in [3.8, 4) is 11.1 Å². The van der Waals surface area contributed by atoms with Crippen LogP contribution in [0.25, 0.3) is 11.1 Å². The molecule has 1 fully saturated rings. The molecule has 100 valence electrons. The molecule has 1 aromatic carbocycles. The molecule has 1 N–H and O–H groups in total. The molecule has 3 heteroatoms. The minimum atomic E-state index is 0.665. The fourth-order valence-corrected chi connectivity index (χ4v) is 2.79. The number of benzene rings is 1. The second-order valence-corrected chi connectivity index (χ2v) is 5.45. The quantitative estimate of drug-likeness (QED) is 0.914. The van der Waals surface area contributed by atoms with Gasteiger partial charge in [-0.2, -0.15) is 5.10 Å². The van der Waals surface area contributed by atoms with Gasteiger partial charge in [-0.3, -0.25) is 4.68 Å². The zero-order chi connectivity index (χ0) is 13.1. The molecule has 19 heavy (non-hydrogen) atoms. The lowest BCUT2D eigenvalue weighted by atomic mass is 9.97. The maximum Gasteiger partial charge on any atom is 0.0568 e. The van der Waals surface area contributed by atoms with Crippen molar-refractivity contribution in [1.29, 1.82) is 0 Å². The summed E-state index contributed by atoms with van der Waals surface area (Å²) in [6.07, 6.45) is 9.12. The lowest BCUT2D eigenvalue weighted by Gasteiger charge is -2.23. The minimum Gasteiger partial charge on any atom is -0.314 e. The monoisotopic (exact) mass is 255 g/mol. The summed E-state index contributed by atoms with van der Waals surface area (Å²) in [4.78, 5) is 0. The van der Waals surface area contributed by atoms with Crippen LogP contribution in [0.1, 0.15) is 24.8 Å². The lowest BCUT2D eigenvalue weighted by Crippen LogP contribution is -2.35. The van der Waals surface area contributed by atoms with E-state index in [-0.39, 0.29) is 0 Å². The normalized spacial score (nSPS) is 19.5. The number of nitrogens with zero attached hydrogens (tertiary/aromatic N) is 2. The number of aryl methyl sites for hydroxylation is 1. The van der Waals surface area contributed by atoms with Crippen molar-refractivity contribution in [2.24, 2.45) is 7.05 Å². The number of rotatable bonds is 3. The highest BCUT2D eigenvalue weighted by Crippen LogP contribution is 2.20. The topological polar surface area (TPSA) is 29.9 Å². The van der Waals surface area contributed by atoms with E-state index in [1.165, 1.54) is 42.5 Å². The van der Waals surface area contributed by atoms with Gasteiger partial charge in [0.2, 0.25) is 0 Å². The molecule has 3 nitrogen and oxygen atoms in total. The molecular formula is C16H21N3. The fourth-order valence-electron chi connectivity index (χ4n) is 2.79. The maximum atomic E-state index is 4.22. The molecule has 1 aromatic heterocycles. The molecule has 1 aliphatic rings. The Hall–Kier alpha value is -1.61. The van der Waals surface area contributed by atoms with Crippen molar-refractivity contribution in [1.82, 2.24) is 15.1 Å². The highest BCUT2D eigenvalue weighted by atomic mass is 15.2. The van der Waals surface area contributed by atoms with Gasteiger partial charge in [0.15, 0.2) is 0 Å². The SMILES string of the molecule is Cn1cc(-c2ccc(CC3CCCCN3)cc2)cn1. The standard InChI is InChI=1S/C16H21N3/c1-19-12-15(11-18-19)14-7-5-13(6-8-14)10-16-4-2-3-9-17-16/h5-8,11-12,16-17H,2-4,9-10H2,1H3. The third-order valence-corrected chi connectivity index (χ3v) is 3.89. The van der Waals surface area contributed by atoms with Gasteiger partial charge >= 0.3 is 0 Å². The Bertz CT molecular complexity index is 521. The van der Waals surface area contributed by atoms with Crippen molar-refractivity contribution in [2.45, 2.75) is 31.7 Å². The van der Waals surface area contributed by atoms with Crippen molar-refractivity contribution in [3.05, 3.63) is 42.2 Å². The van der Waals surface area contributed by atoms with Gasteiger partial charge in [0, 0.05) is 24.8 Å². The fraction of sp³-hybridized carbons (Fsp3) is 0.438. The predicted octanol–water partition coefficient (Wildman–Crippen LogP) is 2.77. The number of hydrogen-bond acceptors (Lipinski definition) is 2. The summed E-state index contributed by atoms with van der Waals surface area (Å²) in [5.41, 5.74) is 3.85. The zero-order valence-corrected chi connectivity index (χ0v) is 11.5. The van der Waals surface area contributed by atoms with Crippen molar-refractivity contribution < 1.29 is 0 Å². The zero-order valence-electron chi connectivity index (χ0n) is 11.5. The summed E-state index contributed by atoms with van der Waals surface area (Å²) in [5, 5.41) is 7.82. The number of piperidine rings is 1. The van der Waals surface area contributed by atoms with E-state index in [4.69, 9.17) is 0 Å². The van der Waals surface area contributed by atoms with Crippen LogP contribution in [0.5, 0.6) is 0 Å². The summed E-state index contributed by atoms with van der Waals surface area (Å²) in [5.74, 6) is 0. The van der Waals surface area contributed by atoms with Gasteiger partial charge in [0.05, 0.1) is 6.20 Å². The third kappa shape index (κ3) is 3.04. The third-order valence-electron chi connectivity index (χ3n) is 3.89. The molecule has 0 amide bonds. The molecule has 0 bridgehead atoms. The first-order valence-corrected chi connectivity index (χ1v) is 7.12. The Kier molecular flexibility index (Phi) is 3.65. The number of hydrogen-bond donors (Lipinski definition) is 1. The van der Waals surface area contributed by atoms with Crippen LogP contribution in [-0.4, -0.2) is 22.4 Å². The second kappa shape index (κ2) is 5.57. The summed E-state index contributed by atoms with van der Waals surface area (Å²) in [7, 11) is 1.95. The van der Waals surface area contributed by atoms with Crippen LogP contribution in [-0.2, 0) is 13.5 Å². The molecule has 0 radical (unpaired) electrons. The molecule has 1 atom stereocenters. The molecule has 1 aliphatic heterocycles. The summed E-state index contributed by atoms with van der Waals surface area (Å²) in [6, 6.07) is 9.57. The highest BCUT2D eigenvalue weighted by molar-refractivity contribution is 5.61. The van der Waals surface area contributed by atoms with E-state index in [1.54, 1.807) is 0 Å². The summed E-state index contributed by atoms with van der Waals surface area (Å²) in [6.45, 7) is 1.18. The summed E-state index contributed by atoms with van der Waals surface area (Å²) >= 11 is 0. The Morgan fingerprint density at radius 3 is 2.68 bits per heavy atom. The molecule has 2 aromatic rings. The molecule has 0 aliphatic carbocycles. The van der Waals surface area contributed by atoms with Gasteiger partial charge in [0.1, 0.15) is 0 Å². The number of aromatic nitrogens is 2. The lowest BCUT2D eigenvalue weighted by molar-refractivity contribution is 0.399. The van der Waals surface area contributed by atoms with E-state index in [2.05, 4.69) is 40.9 Å². The largest absolute Gasteiger partial charge is 0.314 e. The van der Waals surface area contributed by atoms with Gasteiger partial charge < -0.3 is 5.32 Å². The first-order valence-electron chi connectivity index (χ1n) is 7.12. The van der Waals surface area contributed by atoms with Gasteiger partial charge in [0.25, 0.3) is 0 Å². The van der Waals surface area contributed by atoms with Crippen LogP contribution in [0.4, 0.5) is 0 Å². The van der Waals surface area contributed by atoms with Crippen LogP contribution in [0.3, 0.4) is 0 Å². The molecule has 2 heterocycles. The average Bonchev–Trinajstić information content (AvgIpc) is 2.87. The molecular weight excluding hydrogens is 234 g/mol. The maximum absolute atomic E-state index is 4.22. The van der Waals surface area contributed by atoms with Crippen molar-refractivity contribution in [3.63, 3.8) is 0 Å². The van der Waals surface area contributed by atoms with Gasteiger partial charge in [-0.1, -0.05) is 30.7 Å². The van der Waals surface area contributed by atoms with Crippen molar-refractivity contribution in [2.75, 3.05) is 6.54 Å². The second-order valence-electron chi connectivity index (χ2n) is 5.45. The number of nitrogens with one attached hydrogen (secondary N) is 1. The van der Waals surface area contributed by atoms with E-state index in [0.29, 0.717) is 6.04 Å². The van der Waals surface area contributed by atoms with Crippen molar-refractivity contribution >= 4 is 0 Å². The summed E-state index contributed by atoms with van der Waals surface area (Å²) < 4.78 is 1.84. The predicted molar refractivity (Wildman–Crippen MR) is 78.0 cm³/mol. The molecule has 1 unspecified atom stereocenters. The molecule has 0 saturated carbocycles. The molecule has 1 saturated heterocycles. The highest BCUT2D eigenvalue weighted by Gasteiger charge is 2.12. The average molecular weight is 255 g/mol. The van der Waals surface area contributed by atoms with E-state index < -0.39 is 0 Å². The van der Waals surface area contributed by atoms with E-state index in [9.17, 15) is 0 Å². The van der Waals surface area contributed by atoms with Crippen LogP contribution in [0, 0.1) is 0 Å². The first-order chi connectivity index (χ1) is 9.31. The van der Waals surface area contributed by atoms with E-state index >= 15 is 0 Å². The Morgan fingerprint density at radius 2 is 2.05 bits per heavy atom. The van der Waals surface area contributed by atoms with Crippen LogP contribution < -0.4 is 5.32 Å². The van der Waals surface area contributed by atoms with Gasteiger partial charge in [-0.15, -0.1) is 0 Å². The van der Waals surface area contributed by atoms with E-state index in [0.717, 1.165) is 6.42 Å². The van der Waals surface area contributed by atoms with Crippen LogP contribution in [0.15, 0.2) is 36.7 Å². The van der Waals surface area contributed by atoms with Crippen LogP contribution in [0.2, 0.25) is 0 Å².